The summed E-state index contributed by atoms with van der Waals surface area (Å²) >= 11 is 5.92. The Kier molecular flexibility index (Phi) is 4.24. The van der Waals surface area contributed by atoms with Crippen LogP contribution in [-0.2, 0) is 5.41 Å². The fourth-order valence-electron chi connectivity index (χ4n) is 3.16. The van der Waals surface area contributed by atoms with Crippen LogP contribution in [0.15, 0.2) is 54.7 Å². The molecule has 132 valence electrons. The summed E-state index contributed by atoms with van der Waals surface area (Å²) in [4.78, 5) is 12.7. The van der Waals surface area contributed by atoms with Crippen molar-refractivity contribution in [2.24, 2.45) is 0 Å². The number of nitrogens with zero attached hydrogens (tertiary/aromatic N) is 1. The Hall–Kier alpha value is -2.66. The van der Waals surface area contributed by atoms with Crippen molar-refractivity contribution in [1.82, 2.24) is 15.5 Å². The van der Waals surface area contributed by atoms with Gasteiger partial charge in [-0.15, -0.1) is 0 Å². The average Bonchev–Trinajstić information content (AvgIpc) is 3.28. The summed E-state index contributed by atoms with van der Waals surface area (Å²) < 4.78 is 13.1. The number of aromatic amines is 1. The van der Waals surface area contributed by atoms with Gasteiger partial charge in [-0.1, -0.05) is 35.9 Å². The van der Waals surface area contributed by atoms with Gasteiger partial charge in [0.05, 0.1) is 17.5 Å². The molecule has 0 spiro atoms. The Balaban J connectivity index is 1.49. The molecule has 0 bridgehead atoms. The quantitative estimate of drug-likeness (QED) is 0.703. The molecule has 1 amide bonds. The zero-order valence-electron chi connectivity index (χ0n) is 13.9. The van der Waals surface area contributed by atoms with Crippen LogP contribution in [0.3, 0.4) is 0 Å². The maximum Gasteiger partial charge on any atom is 0.255 e. The SMILES string of the molecule is O=C(NCC1(c2ccc(F)cc2)CC1)c1cn[nH]c1-c1ccc(Cl)cc1. The van der Waals surface area contributed by atoms with Gasteiger partial charge in [0.2, 0.25) is 0 Å². The molecule has 1 aromatic heterocycles. The van der Waals surface area contributed by atoms with E-state index in [9.17, 15) is 9.18 Å². The van der Waals surface area contributed by atoms with Crippen molar-refractivity contribution in [3.05, 3.63) is 76.7 Å². The number of benzene rings is 2. The van der Waals surface area contributed by atoms with Gasteiger partial charge in [-0.2, -0.15) is 5.10 Å². The molecule has 26 heavy (non-hydrogen) atoms. The van der Waals surface area contributed by atoms with E-state index in [0.717, 1.165) is 24.0 Å². The predicted octanol–water partition coefficient (Wildman–Crippen LogP) is 4.33. The topological polar surface area (TPSA) is 57.8 Å². The van der Waals surface area contributed by atoms with Crippen molar-refractivity contribution in [2.45, 2.75) is 18.3 Å². The Bertz CT molecular complexity index is 930. The van der Waals surface area contributed by atoms with Crippen LogP contribution in [0, 0.1) is 5.82 Å². The number of H-pyrrole nitrogens is 1. The Morgan fingerprint density at radius 1 is 1.15 bits per heavy atom. The van der Waals surface area contributed by atoms with E-state index in [1.165, 1.54) is 18.3 Å². The summed E-state index contributed by atoms with van der Waals surface area (Å²) in [6, 6.07) is 13.7. The van der Waals surface area contributed by atoms with Crippen molar-refractivity contribution in [3.8, 4) is 11.3 Å². The van der Waals surface area contributed by atoms with Gasteiger partial charge >= 0.3 is 0 Å². The number of hydrogen-bond donors (Lipinski definition) is 2. The molecule has 1 aliphatic rings. The Morgan fingerprint density at radius 2 is 1.85 bits per heavy atom. The lowest BCUT2D eigenvalue weighted by Crippen LogP contribution is -2.32. The summed E-state index contributed by atoms with van der Waals surface area (Å²) in [5, 5.41) is 10.5. The average molecular weight is 370 g/mol. The number of hydrogen-bond acceptors (Lipinski definition) is 2. The second-order valence-electron chi connectivity index (χ2n) is 6.64. The van der Waals surface area contributed by atoms with Crippen LogP contribution in [0.25, 0.3) is 11.3 Å². The molecule has 6 heteroatoms. The fourth-order valence-corrected chi connectivity index (χ4v) is 3.29. The normalized spacial score (nSPS) is 14.8. The number of carbonyl (C=O) groups excluding carboxylic acids is 1. The first kappa shape index (κ1) is 16.8. The molecule has 0 saturated heterocycles. The third-order valence-electron chi connectivity index (χ3n) is 4.91. The highest BCUT2D eigenvalue weighted by Crippen LogP contribution is 2.47. The second-order valence-corrected chi connectivity index (χ2v) is 7.07. The minimum absolute atomic E-state index is 0.0898. The van der Waals surface area contributed by atoms with E-state index in [4.69, 9.17) is 11.6 Å². The van der Waals surface area contributed by atoms with Crippen molar-refractivity contribution >= 4 is 17.5 Å². The van der Waals surface area contributed by atoms with Crippen LogP contribution in [0.4, 0.5) is 4.39 Å². The molecule has 1 aliphatic carbocycles. The van der Waals surface area contributed by atoms with Crippen molar-refractivity contribution in [3.63, 3.8) is 0 Å². The van der Waals surface area contributed by atoms with Gasteiger partial charge in [-0.25, -0.2) is 4.39 Å². The first-order valence-electron chi connectivity index (χ1n) is 8.41. The van der Waals surface area contributed by atoms with Crippen molar-refractivity contribution < 1.29 is 9.18 Å². The molecule has 0 aliphatic heterocycles. The minimum atomic E-state index is -0.250. The van der Waals surface area contributed by atoms with E-state index in [-0.39, 0.29) is 17.1 Å². The molecule has 0 atom stereocenters. The molecule has 3 aromatic rings. The maximum atomic E-state index is 13.1. The molecule has 4 rings (SSSR count). The second kappa shape index (κ2) is 6.57. The van der Waals surface area contributed by atoms with Gasteiger partial charge in [-0.05, 0) is 42.7 Å². The predicted molar refractivity (Wildman–Crippen MR) is 98.7 cm³/mol. The Morgan fingerprint density at radius 3 is 2.50 bits per heavy atom. The lowest BCUT2D eigenvalue weighted by molar-refractivity contribution is 0.0950. The third kappa shape index (κ3) is 3.22. The molecule has 0 radical (unpaired) electrons. The van der Waals surface area contributed by atoms with E-state index in [0.29, 0.717) is 22.8 Å². The summed E-state index contributed by atoms with van der Waals surface area (Å²) in [5.41, 5.74) is 2.96. The summed E-state index contributed by atoms with van der Waals surface area (Å²) in [5.74, 6) is -0.434. The number of nitrogens with one attached hydrogen (secondary N) is 2. The zero-order chi connectivity index (χ0) is 18.1. The minimum Gasteiger partial charge on any atom is -0.351 e. The van der Waals surface area contributed by atoms with Gasteiger partial charge in [0.25, 0.3) is 5.91 Å². The Labute approximate surface area is 155 Å². The van der Waals surface area contributed by atoms with E-state index in [1.54, 1.807) is 24.3 Å². The summed E-state index contributed by atoms with van der Waals surface area (Å²) in [6.45, 7) is 0.517. The smallest absolute Gasteiger partial charge is 0.255 e. The molecular formula is C20H17ClFN3O. The molecule has 2 N–H and O–H groups in total. The van der Waals surface area contributed by atoms with E-state index in [1.807, 2.05) is 12.1 Å². The van der Waals surface area contributed by atoms with Crippen LogP contribution >= 0.6 is 11.6 Å². The number of aromatic nitrogens is 2. The first-order valence-corrected chi connectivity index (χ1v) is 8.79. The fraction of sp³-hybridized carbons (Fsp3) is 0.200. The number of carbonyl (C=O) groups is 1. The molecule has 1 saturated carbocycles. The third-order valence-corrected chi connectivity index (χ3v) is 5.17. The molecule has 0 unspecified atom stereocenters. The van der Waals surface area contributed by atoms with Crippen LogP contribution in [-0.4, -0.2) is 22.6 Å². The van der Waals surface area contributed by atoms with Crippen LogP contribution < -0.4 is 5.32 Å². The summed E-state index contributed by atoms with van der Waals surface area (Å²) in [6.07, 6.45) is 3.49. The number of halogens is 2. The van der Waals surface area contributed by atoms with Gasteiger partial charge in [0.1, 0.15) is 5.82 Å². The van der Waals surface area contributed by atoms with Crippen LogP contribution in [0.2, 0.25) is 5.02 Å². The highest BCUT2D eigenvalue weighted by Gasteiger charge is 2.44. The molecule has 2 aromatic carbocycles. The molecular weight excluding hydrogens is 353 g/mol. The largest absolute Gasteiger partial charge is 0.351 e. The highest BCUT2D eigenvalue weighted by molar-refractivity contribution is 6.30. The van der Waals surface area contributed by atoms with Crippen LogP contribution in [0.1, 0.15) is 28.8 Å². The lowest BCUT2D eigenvalue weighted by Gasteiger charge is -2.16. The van der Waals surface area contributed by atoms with Gasteiger partial charge in [-0.3, -0.25) is 9.89 Å². The van der Waals surface area contributed by atoms with Gasteiger partial charge in [0, 0.05) is 22.5 Å². The van der Waals surface area contributed by atoms with Crippen LogP contribution in [0.5, 0.6) is 0 Å². The molecule has 4 nitrogen and oxygen atoms in total. The molecule has 1 heterocycles. The highest BCUT2D eigenvalue weighted by atomic mass is 35.5. The van der Waals surface area contributed by atoms with E-state index in [2.05, 4.69) is 15.5 Å². The molecule has 1 fully saturated rings. The van der Waals surface area contributed by atoms with Crippen molar-refractivity contribution in [1.29, 1.82) is 0 Å². The van der Waals surface area contributed by atoms with Crippen molar-refractivity contribution in [2.75, 3.05) is 6.54 Å². The van der Waals surface area contributed by atoms with Gasteiger partial charge in [0.15, 0.2) is 0 Å². The van der Waals surface area contributed by atoms with Gasteiger partial charge < -0.3 is 5.32 Å². The monoisotopic (exact) mass is 369 g/mol. The summed E-state index contributed by atoms with van der Waals surface area (Å²) in [7, 11) is 0. The zero-order valence-corrected chi connectivity index (χ0v) is 14.7. The lowest BCUT2D eigenvalue weighted by atomic mass is 9.95. The van der Waals surface area contributed by atoms with E-state index < -0.39 is 0 Å². The first-order chi connectivity index (χ1) is 12.6. The number of amides is 1. The van der Waals surface area contributed by atoms with E-state index >= 15 is 0 Å². The number of rotatable bonds is 5. The standard InChI is InChI=1S/C20H17ClFN3O/c21-15-5-1-13(2-6-15)18-17(11-24-25-18)19(26)23-12-20(9-10-20)14-3-7-16(22)8-4-14/h1-8,11H,9-10,12H2,(H,23,26)(H,24,25). The maximum absolute atomic E-state index is 13.1.